The molecule has 5 heteroatoms. The summed E-state index contributed by atoms with van der Waals surface area (Å²) in [5.74, 6) is 1.55. The molecule has 1 atom stereocenters. The van der Waals surface area contributed by atoms with Gasteiger partial charge in [0.15, 0.2) is 0 Å². The van der Waals surface area contributed by atoms with Gasteiger partial charge in [0.2, 0.25) is 0 Å². The van der Waals surface area contributed by atoms with Crippen molar-refractivity contribution < 1.29 is 9.47 Å². The molecule has 2 aliphatic heterocycles. The first-order valence-corrected chi connectivity index (χ1v) is 8.65. The van der Waals surface area contributed by atoms with Crippen LogP contribution in [0.15, 0.2) is 12.4 Å². The summed E-state index contributed by atoms with van der Waals surface area (Å²) in [6.45, 7) is 5.94. The number of aryl methyl sites for hydroxylation is 1. The molecule has 122 valence electrons. The largest absolute Gasteiger partial charge is 0.381 e. The van der Waals surface area contributed by atoms with E-state index in [1.54, 1.807) is 0 Å². The van der Waals surface area contributed by atoms with E-state index in [1.807, 2.05) is 17.9 Å². The zero-order valence-electron chi connectivity index (χ0n) is 13.5. The molecule has 1 saturated carbocycles. The smallest absolute Gasteiger partial charge is 0.0964 e. The summed E-state index contributed by atoms with van der Waals surface area (Å²) in [5.41, 5.74) is 1.41. The van der Waals surface area contributed by atoms with Gasteiger partial charge in [-0.2, -0.15) is 5.10 Å². The molecule has 3 fully saturated rings. The maximum Gasteiger partial charge on any atom is 0.0964 e. The molecule has 2 saturated heterocycles. The molecule has 1 aromatic rings. The maximum atomic E-state index is 6.13. The molecule has 1 aliphatic carbocycles. The monoisotopic (exact) mass is 305 g/mol. The number of likely N-dealkylation sites (tertiary alicyclic amines) is 1. The van der Waals surface area contributed by atoms with Crippen LogP contribution in [0, 0.1) is 11.8 Å². The predicted octanol–water partition coefficient (Wildman–Crippen LogP) is 1.83. The van der Waals surface area contributed by atoms with E-state index in [0.29, 0.717) is 5.92 Å². The van der Waals surface area contributed by atoms with E-state index in [0.717, 1.165) is 51.8 Å². The molecule has 1 spiro atoms. The van der Waals surface area contributed by atoms with Crippen molar-refractivity contribution in [2.75, 3.05) is 32.9 Å². The lowest BCUT2D eigenvalue weighted by atomic mass is 9.79. The number of hydrogen-bond donors (Lipinski definition) is 0. The van der Waals surface area contributed by atoms with Crippen molar-refractivity contribution in [2.24, 2.45) is 18.9 Å². The van der Waals surface area contributed by atoms with Crippen molar-refractivity contribution >= 4 is 0 Å². The minimum atomic E-state index is 0.116. The predicted molar refractivity (Wildman–Crippen MR) is 83.4 cm³/mol. The van der Waals surface area contributed by atoms with E-state index in [4.69, 9.17) is 9.47 Å². The number of rotatable bonds is 7. The first-order valence-electron chi connectivity index (χ1n) is 8.65. The van der Waals surface area contributed by atoms with Crippen LogP contribution >= 0.6 is 0 Å². The van der Waals surface area contributed by atoms with Crippen LogP contribution in [0.25, 0.3) is 0 Å². The summed E-state index contributed by atoms with van der Waals surface area (Å²) in [4.78, 5) is 2.47. The van der Waals surface area contributed by atoms with Gasteiger partial charge in [0, 0.05) is 58.3 Å². The van der Waals surface area contributed by atoms with Crippen LogP contribution in [-0.4, -0.2) is 53.2 Å². The molecule has 0 N–H and O–H groups in total. The highest BCUT2D eigenvalue weighted by molar-refractivity contribution is 5.10. The number of aromatic nitrogens is 2. The second-order valence-corrected chi connectivity index (χ2v) is 7.37. The summed E-state index contributed by atoms with van der Waals surface area (Å²) in [5, 5.41) is 4.24. The molecule has 0 amide bonds. The first kappa shape index (κ1) is 14.7. The molecule has 3 aliphatic rings. The minimum Gasteiger partial charge on any atom is -0.381 e. The Bertz CT molecular complexity index is 506. The van der Waals surface area contributed by atoms with Gasteiger partial charge in [0.1, 0.15) is 0 Å². The van der Waals surface area contributed by atoms with Crippen LogP contribution in [0.3, 0.4) is 0 Å². The molecule has 3 heterocycles. The molecular formula is C17H27N3O2. The van der Waals surface area contributed by atoms with Crippen molar-refractivity contribution in [1.82, 2.24) is 14.7 Å². The van der Waals surface area contributed by atoms with Gasteiger partial charge >= 0.3 is 0 Å². The third kappa shape index (κ3) is 3.07. The first-order chi connectivity index (χ1) is 10.7. The molecule has 5 nitrogen and oxygen atoms in total. The molecule has 0 aromatic carbocycles. The maximum absolute atomic E-state index is 6.13. The number of nitrogens with zero attached hydrogens (tertiary/aromatic N) is 3. The summed E-state index contributed by atoms with van der Waals surface area (Å²) in [6, 6.07) is 0. The van der Waals surface area contributed by atoms with Crippen molar-refractivity contribution in [1.29, 1.82) is 0 Å². The van der Waals surface area contributed by atoms with Crippen LogP contribution in [0.4, 0.5) is 0 Å². The summed E-state index contributed by atoms with van der Waals surface area (Å²) in [7, 11) is 1.97. The van der Waals surface area contributed by atoms with E-state index in [9.17, 15) is 0 Å². The second kappa shape index (κ2) is 5.95. The van der Waals surface area contributed by atoms with Crippen LogP contribution in [0.2, 0.25) is 0 Å². The number of ether oxygens (including phenoxy) is 2. The minimum absolute atomic E-state index is 0.116. The Hall–Kier alpha value is -0.910. The van der Waals surface area contributed by atoms with Gasteiger partial charge in [-0.25, -0.2) is 0 Å². The fourth-order valence-electron chi connectivity index (χ4n) is 3.94. The quantitative estimate of drug-likeness (QED) is 0.721. The lowest BCUT2D eigenvalue weighted by Crippen LogP contribution is -2.64. The second-order valence-electron chi connectivity index (χ2n) is 7.37. The molecule has 0 bridgehead atoms. The van der Waals surface area contributed by atoms with Crippen LogP contribution < -0.4 is 0 Å². The Labute approximate surface area is 132 Å². The summed E-state index contributed by atoms with van der Waals surface area (Å²) in [6.07, 6.45) is 9.17. The average Bonchev–Trinajstić information content (AvgIpc) is 3.06. The Morgan fingerprint density at radius 2 is 2.23 bits per heavy atom. The van der Waals surface area contributed by atoms with E-state index >= 15 is 0 Å². The highest BCUT2D eigenvalue weighted by Gasteiger charge is 2.52. The fraction of sp³-hybridized carbons (Fsp3) is 0.824. The van der Waals surface area contributed by atoms with Gasteiger partial charge in [-0.1, -0.05) is 0 Å². The van der Waals surface area contributed by atoms with Gasteiger partial charge in [-0.3, -0.25) is 9.58 Å². The molecule has 22 heavy (non-hydrogen) atoms. The number of hydrogen-bond acceptors (Lipinski definition) is 4. The van der Waals surface area contributed by atoms with E-state index in [1.165, 1.54) is 24.8 Å². The third-order valence-corrected chi connectivity index (χ3v) is 5.41. The van der Waals surface area contributed by atoms with Crippen molar-refractivity contribution in [2.45, 2.75) is 37.8 Å². The standard InChI is InChI=1S/C17H27N3O2/c1-19-9-15(8-18-19)10-20-12-17(13-20)16(5-7-22-17)4-6-21-11-14-2-3-14/h8-9,14,16H,2-7,10-13H2,1H3/t16-/m0/s1. The van der Waals surface area contributed by atoms with Gasteiger partial charge in [0.25, 0.3) is 0 Å². The van der Waals surface area contributed by atoms with Crippen molar-refractivity contribution in [3.05, 3.63) is 18.0 Å². The van der Waals surface area contributed by atoms with Crippen molar-refractivity contribution in [3.8, 4) is 0 Å². The lowest BCUT2D eigenvalue weighted by molar-refractivity contribution is -0.139. The molecule has 0 unspecified atom stereocenters. The SMILES string of the molecule is Cn1cc(CN2CC3(C2)OCC[C@@H]3CCOCC2CC2)cn1. The van der Waals surface area contributed by atoms with Gasteiger partial charge in [-0.05, 0) is 37.5 Å². The van der Waals surface area contributed by atoms with Crippen molar-refractivity contribution in [3.63, 3.8) is 0 Å². The molecular weight excluding hydrogens is 278 g/mol. The molecule has 1 aromatic heterocycles. The molecule has 4 rings (SSSR count). The van der Waals surface area contributed by atoms with E-state index in [-0.39, 0.29) is 5.60 Å². The normalized spacial score (nSPS) is 27.4. The highest BCUT2D eigenvalue weighted by Crippen LogP contribution is 2.42. The van der Waals surface area contributed by atoms with E-state index < -0.39 is 0 Å². The Morgan fingerprint density at radius 1 is 1.36 bits per heavy atom. The lowest BCUT2D eigenvalue weighted by Gasteiger charge is -2.50. The van der Waals surface area contributed by atoms with E-state index in [2.05, 4.69) is 16.2 Å². The Morgan fingerprint density at radius 3 is 2.95 bits per heavy atom. The van der Waals surface area contributed by atoms with Gasteiger partial charge in [0.05, 0.1) is 11.8 Å². The summed E-state index contributed by atoms with van der Waals surface area (Å²) >= 11 is 0. The summed E-state index contributed by atoms with van der Waals surface area (Å²) < 4.78 is 13.8. The van der Waals surface area contributed by atoms with Crippen LogP contribution in [0.5, 0.6) is 0 Å². The fourth-order valence-corrected chi connectivity index (χ4v) is 3.94. The average molecular weight is 305 g/mol. The van der Waals surface area contributed by atoms with Gasteiger partial charge in [-0.15, -0.1) is 0 Å². The highest BCUT2D eigenvalue weighted by atomic mass is 16.5. The third-order valence-electron chi connectivity index (χ3n) is 5.41. The van der Waals surface area contributed by atoms with Gasteiger partial charge < -0.3 is 9.47 Å². The Kier molecular flexibility index (Phi) is 3.96. The van der Waals surface area contributed by atoms with Crippen LogP contribution in [0.1, 0.15) is 31.2 Å². The zero-order valence-corrected chi connectivity index (χ0v) is 13.5. The zero-order chi connectivity index (χ0) is 15.0. The molecule has 0 radical (unpaired) electrons. The van der Waals surface area contributed by atoms with Crippen LogP contribution in [-0.2, 0) is 23.1 Å². The Balaban J connectivity index is 1.23. The topological polar surface area (TPSA) is 39.5 Å².